The number of aliphatic carboxylic acids is 1. The highest BCUT2D eigenvalue weighted by molar-refractivity contribution is 6.03. The molecule has 1 saturated heterocycles. The van der Waals surface area contributed by atoms with Crippen molar-refractivity contribution in [3.63, 3.8) is 0 Å². The average Bonchev–Trinajstić information content (AvgIpc) is 2.25. The molecule has 0 aromatic heterocycles. The molecular weight excluding hydrogens is 236 g/mol. The molecule has 100 valence electrons. The molecule has 1 aliphatic rings. The van der Waals surface area contributed by atoms with Crippen LogP contribution >= 0.6 is 0 Å². The van der Waals surface area contributed by atoms with Crippen LogP contribution in [0.5, 0.6) is 0 Å². The number of nitrogens with one attached hydrogen (secondary N) is 1. The van der Waals surface area contributed by atoms with Gasteiger partial charge in [-0.2, -0.15) is 0 Å². The number of carboxylic acids is 1. The summed E-state index contributed by atoms with van der Waals surface area (Å²) in [6, 6.07) is 0. The van der Waals surface area contributed by atoms with Crippen molar-refractivity contribution in [1.29, 1.82) is 0 Å². The SMILES string of the molecule is CC/C(=C/CN1CC(=O)NC(=O)C1(C)C)C(=O)O. The number of carboxylic acid groups (broad SMARTS) is 1. The number of hydrogen-bond acceptors (Lipinski definition) is 4. The van der Waals surface area contributed by atoms with E-state index in [2.05, 4.69) is 5.32 Å². The van der Waals surface area contributed by atoms with E-state index in [4.69, 9.17) is 5.11 Å². The summed E-state index contributed by atoms with van der Waals surface area (Å²) >= 11 is 0. The Morgan fingerprint density at radius 3 is 2.61 bits per heavy atom. The number of rotatable bonds is 4. The maximum Gasteiger partial charge on any atom is 0.331 e. The Balaban J connectivity index is 2.84. The summed E-state index contributed by atoms with van der Waals surface area (Å²) in [5.41, 5.74) is -0.536. The maximum absolute atomic E-state index is 11.7. The van der Waals surface area contributed by atoms with Gasteiger partial charge in [-0.05, 0) is 20.3 Å². The van der Waals surface area contributed by atoms with Crippen LogP contribution in [-0.2, 0) is 14.4 Å². The largest absolute Gasteiger partial charge is 0.478 e. The fourth-order valence-corrected chi connectivity index (χ4v) is 1.73. The number of carbonyl (C=O) groups excluding carboxylic acids is 2. The highest BCUT2D eigenvalue weighted by Crippen LogP contribution is 2.18. The Kier molecular flexibility index (Phi) is 4.24. The minimum absolute atomic E-state index is 0.0891. The predicted octanol–water partition coefficient (Wildman–Crippen LogP) is 0.144. The Bertz CT molecular complexity index is 412. The smallest absolute Gasteiger partial charge is 0.331 e. The van der Waals surface area contributed by atoms with Crippen molar-refractivity contribution in [3.05, 3.63) is 11.6 Å². The van der Waals surface area contributed by atoms with E-state index < -0.39 is 11.5 Å². The molecule has 6 heteroatoms. The highest BCUT2D eigenvalue weighted by atomic mass is 16.4. The zero-order valence-electron chi connectivity index (χ0n) is 10.8. The zero-order valence-corrected chi connectivity index (χ0v) is 10.8. The van der Waals surface area contributed by atoms with Gasteiger partial charge < -0.3 is 5.11 Å². The van der Waals surface area contributed by atoms with Gasteiger partial charge in [-0.15, -0.1) is 0 Å². The minimum atomic E-state index is -0.969. The van der Waals surface area contributed by atoms with Crippen molar-refractivity contribution in [2.45, 2.75) is 32.7 Å². The topological polar surface area (TPSA) is 86.7 Å². The van der Waals surface area contributed by atoms with Gasteiger partial charge in [-0.3, -0.25) is 19.8 Å². The molecule has 2 N–H and O–H groups in total. The molecule has 18 heavy (non-hydrogen) atoms. The third-order valence-electron chi connectivity index (χ3n) is 3.15. The molecular formula is C12H18N2O4. The molecule has 0 aromatic rings. The third kappa shape index (κ3) is 2.95. The molecule has 1 heterocycles. The summed E-state index contributed by atoms with van der Waals surface area (Å²) in [5.74, 6) is -1.69. The Morgan fingerprint density at radius 1 is 1.50 bits per heavy atom. The second kappa shape index (κ2) is 5.30. The second-order valence-corrected chi connectivity index (χ2v) is 4.70. The van der Waals surface area contributed by atoms with Crippen LogP contribution in [0.15, 0.2) is 11.6 Å². The molecule has 0 bridgehead atoms. The number of amides is 2. The highest BCUT2D eigenvalue weighted by Gasteiger charge is 2.40. The van der Waals surface area contributed by atoms with Crippen molar-refractivity contribution < 1.29 is 19.5 Å². The first kappa shape index (κ1) is 14.4. The lowest BCUT2D eigenvalue weighted by Crippen LogP contribution is -2.63. The van der Waals surface area contributed by atoms with Gasteiger partial charge in [0, 0.05) is 12.1 Å². The lowest BCUT2D eigenvalue weighted by Gasteiger charge is -2.39. The first-order valence-electron chi connectivity index (χ1n) is 5.80. The van der Waals surface area contributed by atoms with Crippen molar-refractivity contribution in [2.24, 2.45) is 0 Å². The molecule has 6 nitrogen and oxygen atoms in total. The summed E-state index contributed by atoms with van der Waals surface area (Å²) in [6.45, 7) is 5.51. The van der Waals surface area contributed by atoms with E-state index in [0.717, 1.165) is 0 Å². The van der Waals surface area contributed by atoms with E-state index in [1.807, 2.05) is 0 Å². The molecule has 0 saturated carbocycles. The fraction of sp³-hybridized carbons (Fsp3) is 0.583. The quantitative estimate of drug-likeness (QED) is 0.550. The third-order valence-corrected chi connectivity index (χ3v) is 3.15. The Hall–Kier alpha value is -1.69. The van der Waals surface area contributed by atoms with Crippen molar-refractivity contribution in [1.82, 2.24) is 10.2 Å². The predicted molar refractivity (Wildman–Crippen MR) is 64.8 cm³/mol. The summed E-state index contributed by atoms with van der Waals surface area (Å²) in [5, 5.41) is 11.2. The van der Waals surface area contributed by atoms with Crippen LogP contribution in [-0.4, -0.2) is 46.4 Å². The first-order chi connectivity index (χ1) is 8.28. The van der Waals surface area contributed by atoms with Crippen molar-refractivity contribution in [2.75, 3.05) is 13.1 Å². The van der Waals surface area contributed by atoms with Gasteiger partial charge >= 0.3 is 5.97 Å². The van der Waals surface area contributed by atoms with E-state index in [1.54, 1.807) is 31.7 Å². The second-order valence-electron chi connectivity index (χ2n) is 4.70. The number of piperazine rings is 1. The maximum atomic E-state index is 11.7. The van der Waals surface area contributed by atoms with E-state index in [9.17, 15) is 14.4 Å². The molecule has 0 aliphatic carbocycles. The van der Waals surface area contributed by atoms with Gasteiger partial charge in [-0.25, -0.2) is 4.79 Å². The van der Waals surface area contributed by atoms with Gasteiger partial charge in [0.1, 0.15) is 0 Å². The van der Waals surface area contributed by atoms with Crippen LogP contribution < -0.4 is 5.32 Å². The molecule has 1 aliphatic heterocycles. The molecule has 0 aromatic carbocycles. The lowest BCUT2D eigenvalue weighted by atomic mass is 9.98. The van der Waals surface area contributed by atoms with E-state index in [0.29, 0.717) is 6.42 Å². The Labute approximate surface area is 106 Å². The number of nitrogens with zero attached hydrogens (tertiary/aromatic N) is 1. The van der Waals surface area contributed by atoms with Crippen molar-refractivity contribution >= 4 is 17.8 Å². The fourth-order valence-electron chi connectivity index (χ4n) is 1.73. The minimum Gasteiger partial charge on any atom is -0.478 e. The van der Waals surface area contributed by atoms with E-state index >= 15 is 0 Å². The number of hydrogen-bond donors (Lipinski definition) is 2. The van der Waals surface area contributed by atoms with E-state index in [1.165, 1.54) is 0 Å². The molecule has 0 radical (unpaired) electrons. The van der Waals surface area contributed by atoms with Crippen LogP contribution in [0, 0.1) is 0 Å². The van der Waals surface area contributed by atoms with Crippen LogP contribution in [0.25, 0.3) is 0 Å². The van der Waals surface area contributed by atoms with Crippen LogP contribution in [0.4, 0.5) is 0 Å². The first-order valence-corrected chi connectivity index (χ1v) is 5.80. The molecule has 1 rings (SSSR count). The number of carbonyl (C=O) groups is 3. The summed E-state index contributed by atoms with van der Waals surface area (Å²) < 4.78 is 0. The standard InChI is InChI=1S/C12H18N2O4/c1-4-8(10(16)17)5-6-14-7-9(15)13-11(18)12(14,2)3/h5H,4,6-7H2,1-3H3,(H,16,17)(H,13,15,18)/b8-5-. The van der Waals surface area contributed by atoms with Crippen molar-refractivity contribution in [3.8, 4) is 0 Å². The lowest BCUT2D eigenvalue weighted by molar-refractivity contribution is -0.144. The molecule has 2 amide bonds. The monoisotopic (exact) mass is 254 g/mol. The van der Waals surface area contributed by atoms with E-state index in [-0.39, 0.29) is 30.5 Å². The van der Waals surface area contributed by atoms with Gasteiger partial charge in [0.15, 0.2) is 0 Å². The molecule has 0 unspecified atom stereocenters. The normalized spacial score (nSPS) is 20.7. The van der Waals surface area contributed by atoms with Gasteiger partial charge in [0.05, 0.1) is 12.1 Å². The zero-order chi connectivity index (χ0) is 13.9. The van der Waals surface area contributed by atoms with Crippen LogP contribution in [0.3, 0.4) is 0 Å². The molecule has 0 atom stereocenters. The average molecular weight is 254 g/mol. The summed E-state index contributed by atoms with van der Waals surface area (Å²) in [7, 11) is 0. The van der Waals surface area contributed by atoms with Crippen LogP contribution in [0.1, 0.15) is 27.2 Å². The Morgan fingerprint density at radius 2 is 2.11 bits per heavy atom. The van der Waals surface area contributed by atoms with Gasteiger partial charge in [0.2, 0.25) is 11.8 Å². The molecule has 0 spiro atoms. The summed E-state index contributed by atoms with van der Waals surface area (Å²) in [6.07, 6.45) is 1.96. The van der Waals surface area contributed by atoms with Gasteiger partial charge in [0.25, 0.3) is 0 Å². The van der Waals surface area contributed by atoms with Gasteiger partial charge in [-0.1, -0.05) is 13.0 Å². The summed E-state index contributed by atoms with van der Waals surface area (Å²) in [4.78, 5) is 35.5. The number of imide groups is 1. The molecule has 1 fully saturated rings. The van der Waals surface area contributed by atoms with Crippen LogP contribution in [0.2, 0.25) is 0 Å².